The van der Waals surface area contributed by atoms with Gasteiger partial charge in [-0.1, -0.05) is 0 Å². The second-order valence-corrected chi connectivity index (χ2v) is 5.05. The molecule has 0 bridgehead atoms. The molecule has 0 aromatic carbocycles. The summed E-state index contributed by atoms with van der Waals surface area (Å²) in [4.78, 5) is 26.9. The molecule has 0 atom stereocenters. The molecule has 0 radical (unpaired) electrons. The highest BCUT2D eigenvalue weighted by Crippen LogP contribution is 2.12. The first-order chi connectivity index (χ1) is 9.08. The first kappa shape index (κ1) is 13.4. The highest BCUT2D eigenvalue weighted by atomic mass is 32.1. The lowest BCUT2D eigenvalue weighted by molar-refractivity contribution is 0.0953. The van der Waals surface area contributed by atoms with Crippen molar-refractivity contribution in [1.29, 1.82) is 0 Å². The molecule has 1 amide bonds. The average molecular weight is 277 g/mol. The fourth-order valence-electron chi connectivity index (χ4n) is 1.47. The number of hydrogen-bond donors (Lipinski definition) is 1. The Balaban J connectivity index is 2.01. The van der Waals surface area contributed by atoms with E-state index in [1.54, 1.807) is 17.8 Å². The number of aryl methyl sites for hydroxylation is 1. The summed E-state index contributed by atoms with van der Waals surface area (Å²) in [6.07, 6.45) is 1.68. The molecule has 19 heavy (non-hydrogen) atoms. The van der Waals surface area contributed by atoms with Crippen molar-refractivity contribution in [2.75, 3.05) is 19.0 Å². The van der Waals surface area contributed by atoms with E-state index in [2.05, 4.69) is 20.3 Å². The monoisotopic (exact) mass is 277 g/mol. The van der Waals surface area contributed by atoms with Gasteiger partial charge in [0.1, 0.15) is 4.88 Å². The van der Waals surface area contributed by atoms with Gasteiger partial charge in [-0.25, -0.2) is 15.0 Å². The highest BCUT2D eigenvalue weighted by molar-refractivity contribution is 7.11. The molecule has 2 aromatic heterocycles. The zero-order valence-corrected chi connectivity index (χ0v) is 11.9. The maximum absolute atomic E-state index is 11.9. The molecule has 2 aromatic rings. The van der Waals surface area contributed by atoms with Crippen LogP contribution in [0.1, 0.15) is 21.1 Å². The van der Waals surface area contributed by atoms with E-state index < -0.39 is 0 Å². The van der Waals surface area contributed by atoms with Gasteiger partial charge in [0.15, 0.2) is 0 Å². The molecule has 0 fully saturated rings. The van der Waals surface area contributed by atoms with Crippen LogP contribution in [0.2, 0.25) is 0 Å². The van der Waals surface area contributed by atoms with E-state index in [9.17, 15) is 4.79 Å². The number of nitrogens with one attached hydrogen (secondary N) is 1. The maximum Gasteiger partial charge on any atom is 0.263 e. The van der Waals surface area contributed by atoms with Crippen LogP contribution in [0.5, 0.6) is 0 Å². The zero-order valence-electron chi connectivity index (χ0n) is 11.0. The predicted octanol–water partition coefficient (Wildman–Crippen LogP) is 1.24. The molecule has 0 saturated heterocycles. The Labute approximate surface area is 115 Å². The van der Waals surface area contributed by atoms with Gasteiger partial charge >= 0.3 is 0 Å². The van der Waals surface area contributed by atoms with E-state index in [0.29, 0.717) is 17.4 Å². The van der Waals surface area contributed by atoms with Crippen LogP contribution in [0.4, 0.5) is 5.95 Å². The lowest BCUT2D eigenvalue weighted by atomic mass is 10.3. The first-order valence-electron chi connectivity index (χ1n) is 5.75. The van der Waals surface area contributed by atoms with Crippen LogP contribution in [0.15, 0.2) is 17.8 Å². The predicted molar refractivity (Wildman–Crippen MR) is 74.4 cm³/mol. The molecule has 0 aliphatic carbocycles. The highest BCUT2D eigenvalue weighted by Gasteiger charge is 2.11. The molecule has 0 aliphatic rings. The number of carbonyl (C=O) groups is 1. The van der Waals surface area contributed by atoms with Crippen molar-refractivity contribution in [1.82, 2.24) is 20.3 Å². The number of rotatable bonds is 4. The third kappa shape index (κ3) is 3.25. The van der Waals surface area contributed by atoms with Crippen LogP contribution in [-0.2, 0) is 6.54 Å². The molecule has 0 saturated carbocycles. The molecule has 2 heterocycles. The Morgan fingerprint density at radius 3 is 2.84 bits per heavy atom. The van der Waals surface area contributed by atoms with Gasteiger partial charge in [0.25, 0.3) is 5.91 Å². The molecular formula is C12H15N5OS. The minimum atomic E-state index is -0.120. The molecule has 0 spiro atoms. The van der Waals surface area contributed by atoms with Crippen molar-refractivity contribution < 1.29 is 4.79 Å². The topological polar surface area (TPSA) is 71.0 Å². The van der Waals surface area contributed by atoms with Crippen molar-refractivity contribution in [2.24, 2.45) is 0 Å². The number of amides is 1. The summed E-state index contributed by atoms with van der Waals surface area (Å²) in [5.41, 5.74) is 3.19. The summed E-state index contributed by atoms with van der Waals surface area (Å²) in [5.74, 6) is 0.505. The zero-order chi connectivity index (χ0) is 13.8. The molecule has 100 valence electrons. The smallest absolute Gasteiger partial charge is 0.263 e. The average Bonchev–Trinajstić information content (AvgIpc) is 2.82. The number of hydrogen-bond acceptors (Lipinski definition) is 6. The minimum Gasteiger partial charge on any atom is -0.347 e. The maximum atomic E-state index is 11.9. The van der Waals surface area contributed by atoms with Crippen LogP contribution in [0, 0.1) is 6.92 Å². The summed E-state index contributed by atoms with van der Waals surface area (Å²) in [5, 5.41) is 2.83. The van der Waals surface area contributed by atoms with Crippen LogP contribution in [-0.4, -0.2) is 35.0 Å². The number of carbonyl (C=O) groups excluding carboxylic acids is 1. The molecular weight excluding hydrogens is 262 g/mol. The molecule has 6 nitrogen and oxygen atoms in total. The summed E-state index contributed by atoms with van der Waals surface area (Å²) < 4.78 is 0. The van der Waals surface area contributed by atoms with E-state index >= 15 is 0 Å². The van der Waals surface area contributed by atoms with E-state index in [1.807, 2.05) is 25.9 Å². The van der Waals surface area contributed by atoms with Crippen molar-refractivity contribution in [2.45, 2.75) is 13.5 Å². The van der Waals surface area contributed by atoms with Crippen LogP contribution >= 0.6 is 11.3 Å². The number of thiazole rings is 1. The van der Waals surface area contributed by atoms with E-state index in [1.165, 1.54) is 11.3 Å². The van der Waals surface area contributed by atoms with Crippen molar-refractivity contribution in [3.63, 3.8) is 0 Å². The summed E-state index contributed by atoms with van der Waals surface area (Å²) in [7, 11) is 3.75. The second-order valence-electron chi connectivity index (χ2n) is 4.19. The lowest BCUT2D eigenvalue weighted by Crippen LogP contribution is -2.23. The third-order valence-electron chi connectivity index (χ3n) is 2.48. The second kappa shape index (κ2) is 5.75. The van der Waals surface area contributed by atoms with Crippen LogP contribution in [0.3, 0.4) is 0 Å². The Morgan fingerprint density at radius 2 is 2.21 bits per heavy atom. The SMILES string of the molecule is Cc1ncsc1C(=O)NCc1ccnc(N(C)C)n1. The van der Waals surface area contributed by atoms with E-state index in [0.717, 1.165) is 11.4 Å². The molecule has 7 heteroatoms. The van der Waals surface area contributed by atoms with Gasteiger partial charge in [0.2, 0.25) is 5.95 Å². The van der Waals surface area contributed by atoms with Crippen LogP contribution in [0.25, 0.3) is 0 Å². The Hall–Kier alpha value is -2.02. The Kier molecular flexibility index (Phi) is 4.06. The number of aromatic nitrogens is 3. The number of nitrogens with zero attached hydrogens (tertiary/aromatic N) is 4. The third-order valence-corrected chi connectivity index (χ3v) is 3.41. The fraction of sp³-hybridized carbons (Fsp3) is 0.333. The largest absolute Gasteiger partial charge is 0.347 e. The molecule has 1 N–H and O–H groups in total. The van der Waals surface area contributed by atoms with Gasteiger partial charge in [0.05, 0.1) is 23.4 Å². The van der Waals surface area contributed by atoms with Gasteiger partial charge in [-0.05, 0) is 13.0 Å². The van der Waals surface area contributed by atoms with Gasteiger partial charge < -0.3 is 10.2 Å². The normalized spacial score (nSPS) is 10.3. The number of anilines is 1. The van der Waals surface area contributed by atoms with Gasteiger partial charge in [-0.2, -0.15) is 0 Å². The minimum absolute atomic E-state index is 0.120. The van der Waals surface area contributed by atoms with Crippen molar-refractivity contribution >= 4 is 23.2 Å². The van der Waals surface area contributed by atoms with E-state index in [4.69, 9.17) is 0 Å². The van der Waals surface area contributed by atoms with Crippen LogP contribution < -0.4 is 10.2 Å². The summed E-state index contributed by atoms with van der Waals surface area (Å²) >= 11 is 1.34. The lowest BCUT2D eigenvalue weighted by Gasteiger charge is -2.11. The van der Waals surface area contributed by atoms with Gasteiger partial charge in [0, 0.05) is 20.3 Å². The van der Waals surface area contributed by atoms with Crippen molar-refractivity contribution in [3.05, 3.63) is 34.0 Å². The molecule has 0 unspecified atom stereocenters. The fourth-order valence-corrected chi connectivity index (χ4v) is 2.19. The standard InChI is InChI=1S/C12H15N5OS/c1-8-10(19-7-15-8)11(18)14-6-9-4-5-13-12(16-9)17(2)3/h4-5,7H,6H2,1-3H3,(H,14,18). The quantitative estimate of drug-likeness (QED) is 0.910. The van der Waals surface area contributed by atoms with Gasteiger partial charge in [-0.3, -0.25) is 4.79 Å². The molecule has 2 rings (SSSR count). The summed E-state index contributed by atoms with van der Waals surface area (Å²) in [6, 6.07) is 1.78. The first-order valence-corrected chi connectivity index (χ1v) is 6.63. The van der Waals surface area contributed by atoms with Gasteiger partial charge in [-0.15, -0.1) is 11.3 Å². The van der Waals surface area contributed by atoms with E-state index in [-0.39, 0.29) is 5.91 Å². The Bertz CT molecular complexity index is 581. The van der Waals surface area contributed by atoms with Crippen molar-refractivity contribution in [3.8, 4) is 0 Å². The molecule has 0 aliphatic heterocycles. The Morgan fingerprint density at radius 1 is 1.42 bits per heavy atom. The summed E-state index contributed by atoms with van der Waals surface area (Å²) in [6.45, 7) is 2.19.